The van der Waals surface area contributed by atoms with Gasteiger partial charge in [0.25, 0.3) is 0 Å². The minimum Gasteiger partial charge on any atom is -0.460 e. The molecule has 2 N–H and O–H groups in total. The molecule has 2 rings (SSSR count). The standard InChI is InChI=1S/C27H44N2O7/c1-19(2)25(30)34-14-13-33-18-28-23-9-5-21(6-10-23)17-22-7-11-24(12-8-22)29-27(32)36-16-15-35-26(31)20(3)4/h21-24,28H,1,3,5-18H2,2,4H3,(H,29,32). The Labute approximate surface area is 215 Å². The predicted molar refractivity (Wildman–Crippen MR) is 136 cm³/mol. The molecule has 0 aromatic rings. The lowest BCUT2D eigenvalue weighted by molar-refractivity contribution is -0.141. The summed E-state index contributed by atoms with van der Waals surface area (Å²) in [4.78, 5) is 34.6. The molecule has 204 valence electrons. The minimum absolute atomic E-state index is 0.0314. The zero-order chi connectivity index (χ0) is 26.3. The topological polar surface area (TPSA) is 112 Å². The first-order valence-corrected chi connectivity index (χ1v) is 13.1. The van der Waals surface area contributed by atoms with Crippen LogP contribution in [0.3, 0.4) is 0 Å². The highest BCUT2D eigenvalue weighted by molar-refractivity contribution is 5.87. The molecule has 0 bridgehead atoms. The Balaban J connectivity index is 1.48. The lowest BCUT2D eigenvalue weighted by Crippen LogP contribution is -2.39. The molecule has 0 saturated heterocycles. The normalized spacial score (nSPS) is 23.8. The lowest BCUT2D eigenvalue weighted by atomic mass is 9.76. The van der Waals surface area contributed by atoms with Gasteiger partial charge in [0.05, 0.1) is 13.3 Å². The smallest absolute Gasteiger partial charge is 0.407 e. The number of ether oxygens (including phenoxy) is 4. The van der Waals surface area contributed by atoms with Gasteiger partial charge in [0.1, 0.15) is 19.8 Å². The largest absolute Gasteiger partial charge is 0.460 e. The molecule has 0 aromatic heterocycles. The van der Waals surface area contributed by atoms with Crippen LogP contribution >= 0.6 is 0 Å². The SMILES string of the molecule is C=C(C)C(=O)OCCOCNC1CCC(CC2CCC(NC(=O)OCCOC(=O)C(=C)C)CC2)CC1. The molecule has 2 aliphatic carbocycles. The highest BCUT2D eigenvalue weighted by Crippen LogP contribution is 2.35. The van der Waals surface area contributed by atoms with E-state index in [1.165, 1.54) is 19.3 Å². The fourth-order valence-corrected chi connectivity index (χ4v) is 4.78. The van der Waals surface area contributed by atoms with Crippen LogP contribution in [0.5, 0.6) is 0 Å². The summed E-state index contributed by atoms with van der Waals surface area (Å²) in [6.45, 7) is 11.4. The summed E-state index contributed by atoms with van der Waals surface area (Å²) in [6, 6.07) is 0.630. The van der Waals surface area contributed by atoms with Crippen molar-refractivity contribution in [2.75, 3.05) is 33.2 Å². The maximum atomic E-state index is 12.0. The van der Waals surface area contributed by atoms with Crippen LogP contribution in [0, 0.1) is 11.8 Å². The van der Waals surface area contributed by atoms with Crippen molar-refractivity contribution in [1.82, 2.24) is 10.6 Å². The molecule has 0 atom stereocenters. The Hall–Kier alpha value is -2.39. The fraction of sp³-hybridized carbons (Fsp3) is 0.741. The van der Waals surface area contributed by atoms with Crippen LogP contribution in [0.4, 0.5) is 4.79 Å². The summed E-state index contributed by atoms with van der Waals surface area (Å²) >= 11 is 0. The third-order valence-corrected chi connectivity index (χ3v) is 6.86. The second-order valence-electron chi connectivity index (χ2n) is 10.0. The lowest BCUT2D eigenvalue weighted by Gasteiger charge is -2.34. The molecular formula is C27H44N2O7. The fourth-order valence-electron chi connectivity index (χ4n) is 4.78. The zero-order valence-electron chi connectivity index (χ0n) is 22.0. The predicted octanol–water partition coefficient (Wildman–Crippen LogP) is 4.02. The number of carbonyl (C=O) groups is 3. The number of esters is 2. The summed E-state index contributed by atoms with van der Waals surface area (Å²) in [5.41, 5.74) is 0.717. The van der Waals surface area contributed by atoms with E-state index in [2.05, 4.69) is 23.8 Å². The molecule has 0 aliphatic heterocycles. The number of alkyl carbamates (subject to hydrolysis) is 1. The summed E-state index contributed by atoms with van der Waals surface area (Å²) in [7, 11) is 0. The average molecular weight is 509 g/mol. The summed E-state index contributed by atoms with van der Waals surface area (Å²) < 4.78 is 20.5. The van der Waals surface area contributed by atoms with Gasteiger partial charge in [-0.3, -0.25) is 5.32 Å². The summed E-state index contributed by atoms with van der Waals surface area (Å²) in [6.07, 6.45) is 9.79. The van der Waals surface area contributed by atoms with E-state index < -0.39 is 12.1 Å². The maximum absolute atomic E-state index is 12.0. The van der Waals surface area contributed by atoms with Gasteiger partial charge in [0.2, 0.25) is 0 Å². The summed E-state index contributed by atoms with van der Waals surface area (Å²) in [5, 5.41) is 6.38. The molecule has 0 spiro atoms. The van der Waals surface area contributed by atoms with E-state index in [0.29, 0.717) is 30.5 Å². The van der Waals surface area contributed by atoms with E-state index in [0.717, 1.165) is 50.4 Å². The number of hydrogen-bond donors (Lipinski definition) is 2. The van der Waals surface area contributed by atoms with Crippen molar-refractivity contribution < 1.29 is 33.3 Å². The van der Waals surface area contributed by atoms with Crippen molar-refractivity contribution in [2.24, 2.45) is 11.8 Å². The third kappa shape index (κ3) is 12.0. The highest BCUT2D eigenvalue weighted by atomic mass is 16.6. The molecule has 0 unspecified atom stereocenters. The Kier molecular flexibility index (Phi) is 13.6. The van der Waals surface area contributed by atoms with Crippen LogP contribution in [0.15, 0.2) is 24.3 Å². The Bertz CT molecular complexity index is 738. The molecule has 1 amide bonds. The van der Waals surface area contributed by atoms with E-state index in [9.17, 15) is 14.4 Å². The van der Waals surface area contributed by atoms with E-state index in [-0.39, 0.29) is 31.8 Å². The Morgan fingerprint density at radius 2 is 1.17 bits per heavy atom. The molecule has 9 nitrogen and oxygen atoms in total. The van der Waals surface area contributed by atoms with E-state index >= 15 is 0 Å². The van der Waals surface area contributed by atoms with Crippen molar-refractivity contribution in [1.29, 1.82) is 0 Å². The van der Waals surface area contributed by atoms with E-state index in [1.807, 2.05) is 0 Å². The van der Waals surface area contributed by atoms with Gasteiger partial charge >= 0.3 is 18.0 Å². The minimum atomic E-state index is -0.480. The number of carbonyl (C=O) groups excluding carboxylic acids is 3. The molecule has 2 fully saturated rings. The van der Waals surface area contributed by atoms with Crippen molar-refractivity contribution >= 4 is 18.0 Å². The first-order chi connectivity index (χ1) is 17.2. The molecule has 2 aliphatic rings. The van der Waals surface area contributed by atoms with Crippen LogP contribution in [0.1, 0.15) is 71.6 Å². The molecule has 0 aromatic carbocycles. The molecular weight excluding hydrogens is 464 g/mol. The Morgan fingerprint density at radius 3 is 1.69 bits per heavy atom. The van der Waals surface area contributed by atoms with Gasteiger partial charge in [-0.25, -0.2) is 14.4 Å². The van der Waals surface area contributed by atoms with Crippen molar-refractivity contribution in [3.8, 4) is 0 Å². The van der Waals surface area contributed by atoms with Gasteiger partial charge in [-0.05, 0) is 83.5 Å². The van der Waals surface area contributed by atoms with Gasteiger partial charge in [-0.15, -0.1) is 0 Å². The van der Waals surface area contributed by atoms with Gasteiger partial charge < -0.3 is 24.3 Å². The number of hydrogen-bond acceptors (Lipinski definition) is 8. The number of amides is 1. The number of nitrogens with one attached hydrogen (secondary N) is 2. The Morgan fingerprint density at radius 1 is 0.694 bits per heavy atom. The van der Waals surface area contributed by atoms with E-state index in [4.69, 9.17) is 18.9 Å². The zero-order valence-corrected chi connectivity index (χ0v) is 22.0. The molecule has 9 heteroatoms. The first-order valence-electron chi connectivity index (χ1n) is 13.1. The monoisotopic (exact) mass is 508 g/mol. The summed E-state index contributed by atoms with van der Waals surface area (Å²) in [5.74, 6) is 0.631. The van der Waals surface area contributed by atoms with Gasteiger partial charge in [0.15, 0.2) is 0 Å². The van der Waals surface area contributed by atoms with Crippen LogP contribution in [0.25, 0.3) is 0 Å². The van der Waals surface area contributed by atoms with Crippen molar-refractivity contribution in [2.45, 2.75) is 83.7 Å². The van der Waals surface area contributed by atoms with Crippen LogP contribution in [-0.2, 0) is 28.5 Å². The molecule has 36 heavy (non-hydrogen) atoms. The number of rotatable bonds is 14. The van der Waals surface area contributed by atoms with Crippen molar-refractivity contribution in [3.63, 3.8) is 0 Å². The molecule has 0 heterocycles. The van der Waals surface area contributed by atoms with Crippen LogP contribution in [0.2, 0.25) is 0 Å². The van der Waals surface area contributed by atoms with Crippen LogP contribution in [-0.4, -0.2) is 63.3 Å². The van der Waals surface area contributed by atoms with Gasteiger partial charge in [-0.2, -0.15) is 0 Å². The average Bonchev–Trinajstić information content (AvgIpc) is 2.85. The van der Waals surface area contributed by atoms with Gasteiger partial charge in [-0.1, -0.05) is 13.2 Å². The van der Waals surface area contributed by atoms with E-state index in [1.54, 1.807) is 13.8 Å². The molecule has 2 saturated carbocycles. The second-order valence-corrected chi connectivity index (χ2v) is 10.0. The quantitative estimate of drug-likeness (QED) is 0.119. The first kappa shape index (κ1) is 29.8. The second kappa shape index (κ2) is 16.4. The third-order valence-electron chi connectivity index (χ3n) is 6.86. The highest BCUT2D eigenvalue weighted by Gasteiger charge is 2.27. The van der Waals surface area contributed by atoms with Crippen LogP contribution < -0.4 is 10.6 Å². The van der Waals surface area contributed by atoms with Crippen molar-refractivity contribution in [3.05, 3.63) is 24.3 Å². The van der Waals surface area contributed by atoms with Gasteiger partial charge in [0, 0.05) is 23.2 Å². The molecule has 0 radical (unpaired) electrons. The maximum Gasteiger partial charge on any atom is 0.407 e.